The highest BCUT2D eigenvalue weighted by atomic mass is 16.5. The van der Waals surface area contributed by atoms with Crippen LogP contribution >= 0.6 is 0 Å². The van der Waals surface area contributed by atoms with Crippen molar-refractivity contribution in [1.29, 1.82) is 0 Å². The molecule has 2 atom stereocenters. The van der Waals surface area contributed by atoms with E-state index in [1.807, 2.05) is 30.3 Å². The Bertz CT molecular complexity index is 954. The van der Waals surface area contributed by atoms with Crippen molar-refractivity contribution in [3.05, 3.63) is 83.4 Å². The number of amides is 1. The third-order valence-electron chi connectivity index (χ3n) is 5.21. The molecule has 3 aromatic carbocycles. The van der Waals surface area contributed by atoms with E-state index in [9.17, 15) is 4.79 Å². The van der Waals surface area contributed by atoms with Gasteiger partial charge in [-0.15, -0.1) is 0 Å². The van der Waals surface area contributed by atoms with E-state index in [2.05, 4.69) is 41.7 Å². The fourth-order valence-corrected chi connectivity index (χ4v) is 3.77. The summed E-state index contributed by atoms with van der Waals surface area (Å²) in [6.07, 6.45) is 1.02. The largest absolute Gasteiger partial charge is 0.373 e. The van der Waals surface area contributed by atoms with Gasteiger partial charge >= 0.3 is 0 Å². The molecule has 1 aliphatic rings. The lowest BCUT2D eigenvalue weighted by Crippen LogP contribution is -2.35. The van der Waals surface area contributed by atoms with Gasteiger partial charge in [0.25, 0.3) is 0 Å². The lowest BCUT2D eigenvalue weighted by molar-refractivity contribution is -0.125. The van der Waals surface area contributed by atoms with Crippen LogP contribution in [0, 0.1) is 0 Å². The summed E-state index contributed by atoms with van der Waals surface area (Å²) in [6, 6.07) is 22.4. The minimum absolute atomic E-state index is 0.0414. The highest BCUT2D eigenvalue weighted by molar-refractivity contribution is 5.83. The highest BCUT2D eigenvalue weighted by Crippen LogP contribution is 2.29. The Morgan fingerprint density at radius 2 is 1.85 bits per heavy atom. The summed E-state index contributed by atoms with van der Waals surface area (Å²) >= 11 is 0. The van der Waals surface area contributed by atoms with E-state index in [1.165, 1.54) is 10.9 Å². The molecule has 4 rings (SSSR count). The van der Waals surface area contributed by atoms with Crippen LogP contribution in [0.15, 0.2) is 66.7 Å². The zero-order valence-corrected chi connectivity index (χ0v) is 15.2. The Morgan fingerprint density at radius 3 is 2.70 bits per heavy atom. The zero-order chi connectivity index (χ0) is 18.6. The molecule has 4 heteroatoms. The van der Waals surface area contributed by atoms with E-state index in [0.717, 1.165) is 22.9 Å². The molecule has 4 nitrogen and oxygen atoms in total. The third kappa shape index (κ3) is 3.87. The second-order valence-corrected chi connectivity index (χ2v) is 6.97. The summed E-state index contributed by atoms with van der Waals surface area (Å²) in [5, 5.41) is 5.40. The van der Waals surface area contributed by atoms with Crippen molar-refractivity contribution in [2.45, 2.75) is 25.0 Å². The van der Waals surface area contributed by atoms with Gasteiger partial charge < -0.3 is 15.8 Å². The number of benzene rings is 3. The molecule has 2 unspecified atom stereocenters. The van der Waals surface area contributed by atoms with E-state index in [4.69, 9.17) is 10.5 Å². The maximum absolute atomic E-state index is 12.7. The maximum Gasteiger partial charge on any atom is 0.223 e. The van der Waals surface area contributed by atoms with Crippen molar-refractivity contribution in [3.8, 4) is 0 Å². The van der Waals surface area contributed by atoms with Gasteiger partial charge in [0.05, 0.1) is 25.2 Å². The average Bonchev–Trinajstić information content (AvgIpc) is 2.72. The van der Waals surface area contributed by atoms with E-state index < -0.39 is 0 Å². The van der Waals surface area contributed by atoms with Gasteiger partial charge in [0.15, 0.2) is 0 Å². The molecule has 0 aromatic heterocycles. The van der Waals surface area contributed by atoms with Crippen LogP contribution in [0.4, 0.5) is 0 Å². The number of fused-ring (bicyclic) bond motifs is 2. The molecule has 0 saturated carbocycles. The minimum Gasteiger partial charge on any atom is -0.373 e. The number of hydrogen-bond donors (Lipinski definition) is 2. The van der Waals surface area contributed by atoms with Gasteiger partial charge in [0.1, 0.15) is 0 Å². The van der Waals surface area contributed by atoms with Crippen molar-refractivity contribution in [2.24, 2.45) is 5.73 Å². The van der Waals surface area contributed by atoms with Crippen LogP contribution in [0.3, 0.4) is 0 Å². The third-order valence-corrected chi connectivity index (χ3v) is 5.21. The molecule has 138 valence electrons. The van der Waals surface area contributed by atoms with Gasteiger partial charge in [-0.2, -0.15) is 0 Å². The highest BCUT2D eigenvalue weighted by Gasteiger charge is 2.24. The summed E-state index contributed by atoms with van der Waals surface area (Å²) < 4.78 is 5.86. The number of carbonyl (C=O) groups is 1. The number of rotatable bonds is 5. The summed E-state index contributed by atoms with van der Waals surface area (Å²) in [4.78, 5) is 12.7. The Hall–Kier alpha value is -2.69. The Balaban J connectivity index is 1.47. The quantitative estimate of drug-likeness (QED) is 0.730. The van der Waals surface area contributed by atoms with Crippen LogP contribution in [-0.4, -0.2) is 19.1 Å². The lowest BCUT2D eigenvalue weighted by Gasteiger charge is -2.26. The van der Waals surface area contributed by atoms with Gasteiger partial charge in [0.2, 0.25) is 5.91 Å². The number of hydrogen-bond acceptors (Lipinski definition) is 3. The first-order valence-corrected chi connectivity index (χ1v) is 9.42. The topological polar surface area (TPSA) is 64.3 Å². The summed E-state index contributed by atoms with van der Waals surface area (Å²) in [7, 11) is 0. The predicted octanol–water partition coefficient (Wildman–Crippen LogP) is 3.66. The normalized spacial score (nSPS) is 17.3. The molecule has 0 spiro atoms. The standard InChI is InChI=1S/C23H24N2O2/c24-15-21(19-10-9-16-5-1-2-7-18(16)13-19)25-23(26)14-22-20-8-4-3-6-17(20)11-12-27-22/h1-10,13,21-22H,11-12,14-15,24H2,(H,25,26). The zero-order valence-electron chi connectivity index (χ0n) is 15.2. The molecule has 0 fully saturated rings. The molecule has 0 saturated heterocycles. The van der Waals surface area contributed by atoms with E-state index >= 15 is 0 Å². The first-order valence-electron chi connectivity index (χ1n) is 9.42. The molecule has 3 N–H and O–H groups in total. The van der Waals surface area contributed by atoms with E-state index in [0.29, 0.717) is 19.6 Å². The number of ether oxygens (including phenoxy) is 1. The van der Waals surface area contributed by atoms with E-state index in [-0.39, 0.29) is 18.1 Å². The number of nitrogens with two attached hydrogens (primary N) is 1. The van der Waals surface area contributed by atoms with Crippen LogP contribution in [0.5, 0.6) is 0 Å². The molecule has 0 bridgehead atoms. The van der Waals surface area contributed by atoms with Gasteiger partial charge in [-0.3, -0.25) is 4.79 Å². The Kier molecular flexibility index (Phi) is 5.19. The fourth-order valence-electron chi connectivity index (χ4n) is 3.77. The maximum atomic E-state index is 12.7. The molecule has 1 amide bonds. The van der Waals surface area contributed by atoms with Crippen LogP contribution in [-0.2, 0) is 16.0 Å². The predicted molar refractivity (Wildman–Crippen MR) is 107 cm³/mol. The molecule has 1 heterocycles. The first-order chi connectivity index (χ1) is 13.2. The summed E-state index contributed by atoms with van der Waals surface area (Å²) in [6.45, 7) is 1.01. The Labute approximate surface area is 159 Å². The molecule has 1 aliphatic heterocycles. The van der Waals surface area contributed by atoms with Gasteiger partial charge in [-0.05, 0) is 39.9 Å². The van der Waals surface area contributed by atoms with Crippen LogP contribution < -0.4 is 11.1 Å². The van der Waals surface area contributed by atoms with Crippen molar-refractivity contribution < 1.29 is 9.53 Å². The molecule has 27 heavy (non-hydrogen) atoms. The van der Waals surface area contributed by atoms with Crippen molar-refractivity contribution in [1.82, 2.24) is 5.32 Å². The molecular weight excluding hydrogens is 336 g/mol. The lowest BCUT2D eigenvalue weighted by atomic mass is 9.95. The summed E-state index contributed by atoms with van der Waals surface area (Å²) in [5.41, 5.74) is 9.37. The first kappa shape index (κ1) is 17.7. The summed E-state index contributed by atoms with van der Waals surface area (Å²) in [5.74, 6) is -0.0414. The average molecular weight is 360 g/mol. The van der Waals surface area contributed by atoms with Crippen molar-refractivity contribution >= 4 is 16.7 Å². The van der Waals surface area contributed by atoms with Gasteiger partial charge in [-0.1, -0.05) is 60.7 Å². The van der Waals surface area contributed by atoms with Crippen LogP contribution in [0.25, 0.3) is 10.8 Å². The molecular formula is C23H24N2O2. The second kappa shape index (κ2) is 7.91. The Morgan fingerprint density at radius 1 is 1.07 bits per heavy atom. The monoisotopic (exact) mass is 360 g/mol. The van der Waals surface area contributed by atoms with Gasteiger partial charge in [0, 0.05) is 6.54 Å². The number of nitrogens with one attached hydrogen (secondary N) is 1. The van der Waals surface area contributed by atoms with Crippen molar-refractivity contribution in [2.75, 3.05) is 13.2 Å². The van der Waals surface area contributed by atoms with E-state index in [1.54, 1.807) is 0 Å². The van der Waals surface area contributed by atoms with Gasteiger partial charge in [-0.25, -0.2) is 0 Å². The smallest absolute Gasteiger partial charge is 0.223 e. The fraction of sp³-hybridized carbons (Fsp3) is 0.261. The molecule has 3 aromatic rings. The van der Waals surface area contributed by atoms with Crippen molar-refractivity contribution in [3.63, 3.8) is 0 Å². The van der Waals surface area contributed by atoms with Crippen LogP contribution in [0.2, 0.25) is 0 Å². The molecule has 0 radical (unpaired) electrons. The SMILES string of the molecule is NCC(NC(=O)CC1OCCc2ccccc21)c1ccc2ccccc2c1. The minimum atomic E-state index is -0.207. The molecule has 0 aliphatic carbocycles. The number of carbonyl (C=O) groups excluding carboxylic acids is 1. The second-order valence-electron chi connectivity index (χ2n) is 6.97. The van der Waals surface area contributed by atoms with Crippen LogP contribution in [0.1, 0.15) is 35.3 Å².